The van der Waals surface area contributed by atoms with E-state index in [1.54, 1.807) is 4.90 Å². The summed E-state index contributed by atoms with van der Waals surface area (Å²) in [6.07, 6.45) is 5.52. The number of carbonyl (C=O) groups is 2. The molecular weight excluding hydrogens is 258 g/mol. The molecule has 3 aliphatic rings. The molecule has 3 fully saturated rings. The van der Waals surface area contributed by atoms with Crippen molar-refractivity contribution in [3.8, 4) is 0 Å². The highest BCUT2D eigenvalue weighted by Gasteiger charge is 2.55. The molecule has 2 saturated carbocycles. The van der Waals surface area contributed by atoms with Crippen molar-refractivity contribution in [1.29, 1.82) is 0 Å². The maximum atomic E-state index is 12.2. The zero-order valence-electron chi connectivity index (χ0n) is 11.8. The average Bonchev–Trinajstić information content (AvgIpc) is 3.00. The second-order valence-corrected chi connectivity index (χ2v) is 6.59. The number of rotatable bonds is 6. The lowest BCUT2D eigenvalue weighted by Gasteiger charge is -2.23. The molecule has 3 rings (SSSR count). The second kappa shape index (κ2) is 5.35. The standard InChI is InChI=1S/C15H23NO4/c17-13(5-7-20-9-11-3-4-11)16-8-12-2-1-6-15(12,10-16)14(18)19/h11-12H,1-10H2,(H,18,19)/t12-,15+/m0/s1. The fourth-order valence-electron chi connectivity index (χ4n) is 3.68. The van der Waals surface area contributed by atoms with E-state index in [-0.39, 0.29) is 11.8 Å². The number of fused-ring (bicyclic) bond motifs is 1. The van der Waals surface area contributed by atoms with Gasteiger partial charge >= 0.3 is 5.97 Å². The van der Waals surface area contributed by atoms with Gasteiger partial charge in [-0.3, -0.25) is 9.59 Å². The minimum Gasteiger partial charge on any atom is -0.481 e. The second-order valence-electron chi connectivity index (χ2n) is 6.59. The molecule has 0 aromatic carbocycles. The van der Waals surface area contributed by atoms with Gasteiger partial charge in [0.25, 0.3) is 0 Å². The molecule has 0 spiro atoms. The van der Waals surface area contributed by atoms with Crippen LogP contribution >= 0.6 is 0 Å². The molecule has 0 aromatic rings. The molecule has 1 N–H and O–H groups in total. The van der Waals surface area contributed by atoms with Crippen LogP contribution < -0.4 is 0 Å². The third-order valence-corrected chi connectivity index (χ3v) is 5.16. The summed E-state index contributed by atoms with van der Waals surface area (Å²) in [4.78, 5) is 25.5. The third kappa shape index (κ3) is 2.55. The number of carboxylic acid groups (broad SMARTS) is 1. The number of hydrogen-bond donors (Lipinski definition) is 1. The van der Waals surface area contributed by atoms with E-state index in [1.165, 1.54) is 12.8 Å². The van der Waals surface area contributed by atoms with Crippen molar-refractivity contribution in [2.75, 3.05) is 26.3 Å². The number of amides is 1. The van der Waals surface area contributed by atoms with Gasteiger partial charge in [0.1, 0.15) is 0 Å². The van der Waals surface area contributed by atoms with Crippen molar-refractivity contribution < 1.29 is 19.4 Å². The lowest BCUT2D eigenvalue weighted by Crippen LogP contribution is -2.37. The Morgan fingerprint density at radius 1 is 1.30 bits per heavy atom. The van der Waals surface area contributed by atoms with Crippen LogP contribution in [0.5, 0.6) is 0 Å². The van der Waals surface area contributed by atoms with Gasteiger partial charge in [-0.05, 0) is 37.5 Å². The minimum atomic E-state index is -0.722. The summed E-state index contributed by atoms with van der Waals surface area (Å²) in [5, 5.41) is 9.49. The molecule has 1 heterocycles. The van der Waals surface area contributed by atoms with Gasteiger partial charge in [0.2, 0.25) is 5.91 Å². The van der Waals surface area contributed by atoms with Gasteiger partial charge in [-0.15, -0.1) is 0 Å². The molecule has 5 nitrogen and oxygen atoms in total. The van der Waals surface area contributed by atoms with Crippen molar-refractivity contribution in [3.05, 3.63) is 0 Å². The first-order valence-electron chi connectivity index (χ1n) is 7.71. The van der Waals surface area contributed by atoms with Gasteiger partial charge in [-0.25, -0.2) is 0 Å². The van der Waals surface area contributed by atoms with Crippen molar-refractivity contribution in [3.63, 3.8) is 0 Å². The Balaban J connectivity index is 1.48. The van der Waals surface area contributed by atoms with Gasteiger partial charge < -0.3 is 14.7 Å². The van der Waals surface area contributed by atoms with E-state index >= 15 is 0 Å². The maximum Gasteiger partial charge on any atom is 0.311 e. The van der Waals surface area contributed by atoms with E-state index in [9.17, 15) is 14.7 Å². The minimum absolute atomic E-state index is 0.0517. The summed E-state index contributed by atoms with van der Waals surface area (Å²) >= 11 is 0. The lowest BCUT2D eigenvalue weighted by atomic mass is 9.81. The van der Waals surface area contributed by atoms with E-state index in [0.717, 1.165) is 25.9 Å². The first-order valence-corrected chi connectivity index (χ1v) is 7.71. The molecule has 1 aliphatic heterocycles. The molecule has 20 heavy (non-hydrogen) atoms. The highest BCUT2D eigenvalue weighted by molar-refractivity contribution is 5.81. The molecule has 0 bridgehead atoms. The largest absolute Gasteiger partial charge is 0.481 e. The first kappa shape index (κ1) is 13.9. The fourth-order valence-corrected chi connectivity index (χ4v) is 3.68. The topological polar surface area (TPSA) is 66.8 Å². The first-order chi connectivity index (χ1) is 9.62. The third-order valence-electron chi connectivity index (χ3n) is 5.16. The molecular formula is C15H23NO4. The van der Waals surface area contributed by atoms with E-state index in [0.29, 0.717) is 32.0 Å². The van der Waals surface area contributed by atoms with Gasteiger partial charge in [0.15, 0.2) is 0 Å². The number of carbonyl (C=O) groups excluding carboxylic acids is 1. The quantitative estimate of drug-likeness (QED) is 0.750. The van der Waals surface area contributed by atoms with E-state index in [2.05, 4.69) is 0 Å². The highest BCUT2D eigenvalue weighted by Crippen LogP contribution is 2.48. The van der Waals surface area contributed by atoms with E-state index in [4.69, 9.17) is 4.74 Å². The molecule has 0 aromatic heterocycles. The molecule has 112 valence electrons. The van der Waals surface area contributed by atoms with Crippen LogP contribution in [-0.4, -0.2) is 48.2 Å². The summed E-state index contributed by atoms with van der Waals surface area (Å²) in [5.41, 5.74) is -0.662. The monoisotopic (exact) mass is 281 g/mol. The Kier molecular flexibility index (Phi) is 3.71. The maximum absolute atomic E-state index is 12.2. The predicted molar refractivity (Wildman–Crippen MR) is 72.1 cm³/mol. The number of ether oxygens (including phenoxy) is 1. The number of nitrogens with zero attached hydrogens (tertiary/aromatic N) is 1. The van der Waals surface area contributed by atoms with Crippen molar-refractivity contribution >= 4 is 11.9 Å². The van der Waals surface area contributed by atoms with Gasteiger partial charge in [0.05, 0.1) is 18.4 Å². The Hall–Kier alpha value is -1.10. The van der Waals surface area contributed by atoms with Crippen LogP contribution in [0.4, 0.5) is 0 Å². The van der Waals surface area contributed by atoms with E-state index < -0.39 is 11.4 Å². The van der Waals surface area contributed by atoms with Gasteiger partial charge in [-0.2, -0.15) is 0 Å². The van der Waals surface area contributed by atoms with Gasteiger partial charge in [0, 0.05) is 19.7 Å². The van der Waals surface area contributed by atoms with Crippen LogP contribution in [0.3, 0.4) is 0 Å². The Bertz CT molecular complexity index is 407. The normalized spacial score (nSPS) is 32.4. The van der Waals surface area contributed by atoms with Crippen LogP contribution in [-0.2, 0) is 14.3 Å². The highest BCUT2D eigenvalue weighted by atomic mass is 16.5. The van der Waals surface area contributed by atoms with E-state index in [1.807, 2.05) is 0 Å². The molecule has 2 atom stereocenters. The summed E-state index contributed by atoms with van der Waals surface area (Å²) in [6.45, 7) is 2.26. The predicted octanol–water partition coefficient (Wildman–Crippen LogP) is 1.52. The number of hydrogen-bond acceptors (Lipinski definition) is 3. The van der Waals surface area contributed by atoms with Gasteiger partial charge in [-0.1, -0.05) is 6.42 Å². The SMILES string of the molecule is O=C(CCOCC1CC1)N1C[C@@H]2CCC[C@@]2(C(=O)O)C1. The van der Waals surface area contributed by atoms with Crippen LogP contribution in [0.2, 0.25) is 0 Å². The van der Waals surface area contributed by atoms with Crippen LogP contribution in [0, 0.1) is 17.3 Å². The van der Waals surface area contributed by atoms with Crippen LogP contribution in [0.25, 0.3) is 0 Å². The van der Waals surface area contributed by atoms with Crippen LogP contribution in [0.1, 0.15) is 38.5 Å². The van der Waals surface area contributed by atoms with Crippen LogP contribution in [0.15, 0.2) is 0 Å². The van der Waals surface area contributed by atoms with Crippen molar-refractivity contribution in [1.82, 2.24) is 4.90 Å². The summed E-state index contributed by atoms with van der Waals surface area (Å²) < 4.78 is 5.49. The summed E-state index contributed by atoms with van der Waals surface area (Å²) in [5.74, 6) is 0.193. The molecule has 0 unspecified atom stereocenters. The Morgan fingerprint density at radius 3 is 2.75 bits per heavy atom. The molecule has 0 radical (unpaired) electrons. The molecule has 5 heteroatoms. The lowest BCUT2D eigenvalue weighted by molar-refractivity contribution is -0.149. The summed E-state index contributed by atoms with van der Waals surface area (Å²) in [7, 11) is 0. The average molecular weight is 281 g/mol. The fraction of sp³-hybridized carbons (Fsp3) is 0.867. The zero-order valence-corrected chi connectivity index (χ0v) is 11.8. The summed E-state index contributed by atoms with van der Waals surface area (Å²) in [6, 6.07) is 0. The number of carboxylic acids is 1. The Morgan fingerprint density at radius 2 is 2.10 bits per heavy atom. The number of likely N-dealkylation sites (tertiary alicyclic amines) is 1. The molecule has 1 amide bonds. The smallest absolute Gasteiger partial charge is 0.311 e. The molecule has 2 aliphatic carbocycles. The zero-order chi connectivity index (χ0) is 14.2. The van der Waals surface area contributed by atoms with Crippen molar-refractivity contribution in [2.45, 2.75) is 38.5 Å². The molecule has 1 saturated heterocycles. The number of aliphatic carboxylic acids is 1. The van der Waals surface area contributed by atoms with Crippen molar-refractivity contribution in [2.24, 2.45) is 17.3 Å². The Labute approximate surface area is 119 Å².